The Morgan fingerprint density at radius 3 is 1.75 bits per heavy atom. The third-order valence-corrected chi connectivity index (χ3v) is 22.9. The van der Waals surface area contributed by atoms with E-state index in [4.69, 9.17) is 11.5 Å². The number of carboxylic acid groups (broad SMARTS) is 2. The van der Waals surface area contributed by atoms with Gasteiger partial charge in [0.1, 0.15) is 90.3 Å². The van der Waals surface area contributed by atoms with Gasteiger partial charge in [-0.25, -0.2) is 9.97 Å². The number of rotatable bonds is 33. The zero-order valence-corrected chi connectivity index (χ0v) is 74.2. The van der Waals surface area contributed by atoms with E-state index in [0.29, 0.717) is 61.3 Å². The summed E-state index contributed by atoms with van der Waals surface area (Å²) in [6.45, 7) is 8.93. The highest BCUT2D eigenvalue weighted by atomic mass is 33.1. The number of benzene rings is 3. The van der Waals surface area contributed by atoms with Gasteiger partial charge in [0.2, 0.25) is 94.5 Å². The van der Waals surface area contributed by atoms with Crippen molar-refractivity contribution >= 4 is 139 Å². The monoisotopic (exact) mass is 1850 g/mol. The van der Waals surface area contributed by atoms with Crippen molar-refractivity contribution in [2.45, 2.75) is 216 Å². The predicted octanol–water partition coefficient (Wildman–Crippen LogP) is -3.79. The van der Waals surface area contributed by atoms with E-state index in [9.17, 15) is 92.3 Å². The van der Waals surface area contributed by atoms with Crippen molar-refractivity contribution in [3.05, 3.63) is 138 Å². The summed E-state index contributed by atoms with van der Waals surface area (Å²) in [5.41, 5.74) is 14.0. The zero-order chi connectivity index (χ0) is 95.4. The number of fused-ring (bicyclic) bond motifs is 1. The van der Waals surface area contributed by atoms with E-state index >= 15 is 14.4 Å². The first-order chi connectivity index (χ1) is 61.7. The summed E-state index contributed by atoms with van der Waals surface area (Å²) in [6.07, 6.45) is 1.39. The molecule has 44 nitrogen and oxygen atoms in total. The van der Waals surface area contributed by atoms with Crippen LogP contribution in [-0.2, 0) is 118 Å². The fraction of sp³-hybridized carbons (Fsp3) is 0.476. The summed E-state index contributed by atoms with van der Waals surface area (Å²) in [4.78, 5) is 273. The Morgan fingerprint density at radius 1 is 0.538 bits per heavy atom. The van der Waals surface area contributed by atoms with Crippen molar-refractivity contribution in [2.75, 3.05) is 24.6 Å². The largest absolute Gasteiger partial charge is 0.508 e. The lowest BCUT2D eigenvalue weighted by Gasteiger charge is -2.30. The van der Waals surface area contributed by atoms with Crippen molar-refractivity contribution in [2.24, 2.45) is 23.3 Å². The third kappa shape index (κ3) is 33.9. The summed E-state index contributed by atoms with van der Waals surface area (Å²) >= 11 is 0. The Morgan fingerprint density at radius 2 is 1.12 bits per heavy atom. The number of aliphatic hydroxyl groups excluding tert-OH is 1. The van der Waals surface area contributed by atoms with Crippen LogP contribution in [0.4, 0.5) is 0 Å². The molecule has 3 aromatic heterocycles. The number of hydrogen-bond donors (Lipinski definition) is 24. The number of aromatic amines is 3. The molecule has 0 saturated carbocycles. The zero-order valence-electron chi connectivity index (χ0n) is 72.5. The van der Waals surface area contributed by atoms with E-state index in [2.05, 4.69) is 105 Å². The van der Waals surface area contributed by atoms with E-state index in [1.165, 1.54) is 69.4 Å². The molecule has 7 rings (SSSR count). The van der Waals surface area contributed by atoms with Gasteiger partial charge in [0.05, 0.1) is 31.7 Å². The van der Waals surface area contributed by atoms with Gasteiger partial charge >= 0.3 is 11.9 Å². The molecule has 0 radical (unpaired) electrons. The minimum atomic E-state index is -2.02. The highest BCUT2D eigenvalue weighted by molar-refractivity contribution is 8.76. The second kappa shape index (κ2) is 51.5. The molecule has 26 N–H and O–H groups in total. The van der Waals surface area contributed by atoms with Crippen LogP contribution < -0.4 is 91.2 Å². The Bertz CT molecular complexity index is 4890. The molecular formula is C84H114N22O22S2. The van der Waals surface area contributed by atoms with E-state index in [1.54, 1.807) is 68.4 Å². The van der Waals surface area contributed by atoms with Crippen molar-refractivity contribution in [3.8, 4) is 5.75 Å². The number of carbonyl (C=O) groups excluding carboxylic acids is 16. The minimum absolute atomic E-state index is 0.121. The number of primary amides is 1. The van der Waals surface area contributed by atoms with E-state index in [0.717, 1.165) is 20.8 Å². The molecule has 1 aliphatic heterocycles. The van der Waals surface area contributed by atoms with E-state index in [1.807, 2.05) is 0 Å². The number of unbranched alkanes of at least 4 members (excludes halogenated alkanes) is 1. The average molecular weight is 1850 g/mol. The Hall–Kier alpha value is -13.5. The molecule has 130 heavy (non-hydrogen) atoms. The van der Waals surface area contributed by atoms with Crippen molar-refractivity contribution in [1.82, 2.24) is 105 Å². The lowest BCUT2D eigenvalue weighted by atomic mass is 9.98. The summed E-state index contributed by atoms with van der Waals surface area (Å²) in [7, 11) is 1.40. The molecule has 0 unspecified atom stereocenters. The van der Waals surface area contributed by atoms with Gasteiger partial charge in [0, 0.05) is 97.8 Å². The third-order valence-electron chi connectivity index (χ3n) is 20.5. The lowest BCUT2D eigenvalue weighted by molar-refractivity contribution is -0.141. The topological polar surface area (TPSA) is 694 Å². The normalized spacial score (nSPS) is 21.4. The standard InChI is InChI=1S/C84H114N22O22S2/c1-42(2)27-58-80(124)105-69(43(3)4)83(127)102-61(30-49-34-89-54-18-12-11-17-53(49)54)77(121)104-65(82(126)106-70(45(6)107)84(128)101-60(28-47-15-9-8-10-16-47)75(119)97-57(71(86)115)31-50-35-87-40-91-50)39-130-129-38-64(103-79(123)63(33-68(113)114)94-46(7)108)81(125)93-44(5)72(116)98-59(29-48-20-22-52(109)23-21-48)76(120)100-62(32-51-36-88-41-92-51)78(122)96-55(19-13-14-26-85)73(117)90-37-66(110)95-56(74(118)99-58)24-25-67(111)112/h8-12,15-18,20-23,34-36,40-45,55-65,69-70,89,107,109H,13-14,19,24-33,37-39,85H2,1-7H3,(H2,86,115)(H,87,91)(H,88,92)(H,90,117)(H,93,125)(H,94,108)(H,95,110)(H,96,122)(H,97,119)(H,98,116)(H,99,118)(H,100,120)(H,101,128)(H,102,127)(H,103,123)(H,104,121)(H,105,124)(H,106,126)(H,111,112)(H,113,114)/t44-,45+,55-,56-,57-,58-,59-,60-,61-,62-,63-,64-,65-,69-,70-/m0/s1. The molecule has 46 heteroatoms. The van der Waals surface area contributed by atoms with Crippen LogP contribution in [0.15, 0.2) is 110 Å². The van der Waals surface area contributed by atoms with Gasteiger partial charge in [0.25, 0.3) is 0 Å². The summed E-state index contributed by atoms with van der Waals surface area (Å²) in [5.74, 6) is -22.8. The molecule has 0 bridgehead atoms. The van der Waals surface area contributed by atoms with E-state index < -0.39 is 253 Å². The Balaban J connectivity index is 1.34. The quantitative estimate of drug-likeness (QED) is 0.0139. The molecule has 6 aromatic rings. The van der Waals surface area contributed by atoms with Crippen LogP contribution >= 0.6 is 21.6 Å². The Labute approximate surface area is 754 Å². The first kappa shape index (κ1) is 104. The van der Waals surface area contributed by atoms with Gasteiger partial charge in [-0.1, -0.05) is 110 Å². The number of aromatic nitrogens is 5. The molecule has 0 aliphatic carbocycles. The first-order valence-corrected chi connectivity index (χ1v) is 44.4. The van der Waals surface area contributed by atoms with Crippen molar-refractivity contribution in [3.63, 3.8) is 0 Å². The number of nitrogens with one attached hydrogen (secondary N) is 18. The number of aliphatic hydroxyl groups is 1. The van der Waals surface area contributed by atoms with E-state index in [-0.39, 0.29) is 62.9 Å². The highest BCUT2D eigenvalue weighted by Gasteiger charge is 2.40. The maximum atomic E-state index is 15.6. The van der Waals surface area contributed by atoms with Crippen LogP contribution in [0.5, 0.6) is 5.75 Å². The van der Waals surface area contributed by atoms with Crippen LogP contribution in [0.1, 0.15) is 121 Å². The number of hydrogen-bond acceptors (Lipinski definition) is 25. The van der Waals surface area contributed by atoms with Crippen LogP contribution in [0.3, 0.4) is 0 Å². The molecule has 1 saturated heterocycles. The molecular weight excluding hydrogens is 1730 g/mol. The summed E-state index contributed by atoms with van der Waals surface area (Å²) in [5, 5.41) is 79.9. The SMILES string of the molecule is CC(=O)N[C@@H](CC(=O)O)C(=O)N[C@H]1CSSC[C@@H](C(=O)N[C@H](C(=O)N[C@@H](Cc2ccccc2)C(=O)N[C@@H](Cc2cnc[nH]2)C(N)=O)[C@@H](C)O)NC(=O)[C@H](Cc2c[nH]c3ccccc23)NC(=O)[C@H](C(C)C)NC(=O)[C@H](CC(C)C)NC(=O)[C@H](CCC(=O)O)NC(=O)CNC(=O)[C@H](CCCCN)NC(=O)[C@H](Cc2cnc[nH]2)NC(=O)[C@H](Cc2ccc(O)cc2)NC(=O)[C@H](C)NC1=O. The summed E-state index contributed by atoms with van der Waals surface area (Å²) in [6, 6.07) is -3.29. The average Bonchev–Trinajstić information content (AvgIpc) is 1.66. The molecule has 4 heterocycles. The van der Waals surface area contributed by atoms with Gasteiger partial charge < -0.3 is 127 Å². The van der Waals surface area contributed by atoms with Gasteiger partial charge in [-0.05, 0) is 99.2 Å². The van der Waals surface area contributed by atoms with Gasteiger partial charge in [-0.2, -0.15) is 0 Å². The number of aliphatic carboxylic acids is 2. The number of carbonyl (C=O) groups is 18. The number of H-pyrrole nitrogens is 3. The number of phenolic OH excluding ortho intramolecular Hbond substituents is 1. The molecule has 16 amide bonds. The Kier molecular flexibility index (Phi) is 41.0. The number of carboxylic acids is 2. The lowest BCUT2D eigenvalue weighted by Crippen LogP contribution is -2.63. The number of aromatic hydroxyl groups is 1. The van der Waals surface area contributed by atoms with Crippen LogP contribution in [0, 0.1) is 11.8 Å². The second-order valence-corrected chi connectivity index (χ2v) is 34.5. The minimum Gasteiger partial charge on any atom is -0.508 e. The molecule has 0 spiro atoms. The number of amides is 16. The first-order valence-electron chi connectivity index (χ1n) is 41.9. The van der Waals surface area contributed by atoms with Gasteiger partial charge in [0.15, 0.2) is 0 Å². The van der Waals surface area contributed by atoms with Crippen molar-refractivity contribution in [1.29, 1.82) is 0 Å². The van der Waals surface area contributed by atoms with Gasteiger partial charge in [-0.15, -0.1) is 0 Å². The number of imidazole rings is 2. The second-order valence-electron chi connectivity index (χ2n) is 31.9. The molecule has 704 valence electrons. The highest BCUT2D eigenvalue weighted by Crippen LogP contribution is 2.26. The maximum Gasteiger partial charge on any atom is 0.305 e. The number of nitrogens with two attached hydrogens (primary N) is 2. The summed E-state index contributed by atoms with van der Waals surface area (Å²) < 4.78 is 0. The van der Waals surface area contributed by atoms with Crippen LogP contribution in [0.25, 0.3) is 10.9 Å². The number of para-hydroxylation sites is 1. The fourth-order valence-electron chi connectivity index (χ4n) is 13.6. The van der Waals surface area contributed by atoms with Crippen molar-refractivity contribution < 1.29 is 107 Å². The molecule has 1 aliphatic rings. The molecule has 15 atom stereocenters. The van der Waals surface area contributed by atoms with Gasteiger partial charge in [-0.3, -0.25) is 86.3 Å². The van der Waals surface area contributed by atoms with Crippen LogP contribution in [-0.4, -0.2) is 267 Å². The molecule has 1 fully saturated rings. The maximum absolute atomic E-state index is 15.6. The molecule has 3 aromatic carbocycles. The van der Waals surface area contributed by atoms with Crippen LogP contribution in [0.2, 0.25) is 0 Å². The smallest absolute Gasteiger partial charge is 0.305 e. The number of phenols is 1. The fourth-order valence-corrected chi connectivity index (χ4v) is 15.9. The predicted molar refractivity (Wildman–Crippen MR) is 472 cm³/mol. The number of nitrogens with zero attached hydrogens (tertiary/aromatic N) is 2.